The number of aliphatic carboxylic acids is 1. The fourth-order valence-electron chi connectivity index (χ4n) is 4.09. The predicted molar refractivity (Wildman–Crippen MR) is 69.6 cm³/mol. The van der Waals surface area contributed by atoms with Gasteiger partial charge in [-0.3, -0.25) is 4.79 Å². The van der Waals surface area contributed by atoms with Gasteiger partial charge in [0.05, 0.1) is 6.04 Å². The lowest BCUT2D eigenvalue weighted by atomic mass is 9.92. The number of amides is 1. The van der Waals surface area contributed by atoms with Crippen molar-refractivity contribution in [3.8, 4) is 0 Å². The van der Waals surface area contributed by atoms with Crippen LogP contribution in [0, 0.1) is 11.8 Å². The molecule has 3 aliphatic rings. The van der Waals surface area contributed by atoms with E-state index in [4.69, 9.17) is 0 Å². The number of fused-ring (bicyclic) bond motifs is 1. The highest BCUT2D eigenvalue weighted by Crippen LogP contribution is 2.38. The molecule has 3 rings (SSSR count). The van der Waals surface area contributed by atoms with Gasteiger partial charge in [-0.15, -0.1) is 0 Å². The van der Waals surface area contributed by atoms with Crippen molar-refractivity contribution in [2.24, 2.45) is 11.8 Å². The Kier molecular flexibility index (Phi) is 3.48. The molecule has 2 heterocycles. The fraction of sp³-hybridized carbons (Fsp3) is 0.857. The molecule has 4 unspecified atom stereocenters. The molecule has 0 bridgehead atoms. The lowest BCUT2D eigenvalue weighted by Crippen LogP contribution is -2.54. The maximum atomic E-state index is 12.7. The Morgan fingerprint density at radius 1 is 1.11 bits per heavy atom. The summed E-state index contributed by atoms with van der Waals surface area (Å²) in [7, 11) is 0. The van der Waals surface area contributed by atoms with Crippen LogP contribution in [0.5, 0.6) is 0 Å². The summed E-state index contributed by atoms with van der Waals surface area (Å²) in [4.78, 5) is 25.6. The number of nitrogens with one attached hydrogen (secondary N) is 1. The van der Waals surface area contributed by atoms with Gasteiger partial charge in [-0.2, -0.15) is 0 Å². The summed E-state index contributed by atoms with van der Waals surface area (Å²) in [6.45, 7) is 1.53. The Hall–Kier alpha value is -1.10. The molecule has 1 amide bonds. The van der Waals surface area contributed by atoms with Crippen molar-refractivity contribution in [2.75, 3.05) is 13.1 Å². The van der Waals surface area contributed by atoms with Gasteiger partial charge >= 0.3 is 5.97 Å². The van der Waals surface area contributed by atoms with Crippen LogP contribution in [0.4, 0.5) is 0 Å². The molecule has 0 aromatic heterocycles. The van der Waals surface area contributed by atoms with Crippen LogP contribution in [0.1, 0.15) is 38.5 Å². The van der Waals surface area contributed by atoms with Crippen LogP contribution in [0.2, 0.25) is 0 Å². The molecule has 3 fully saturated rings. The van der Waals surface area contributed by atoms with Crippen LogP contribution >= 0.6 is 0 Å². The number of likely N-dealkylation sites (tertiary alicyclic amines) is 1. The van der Waals surface area contributed by atoms with E-state index in [-0.39, 0.29) is 11.9 Å². The Labute approximate surface area is 113 Å². The fourth-order valence-corrected chi connectivity index (χ4v) is 4.09. The van der Waals surface area contributed by atoms with Crippen LogP contribution in [0.15, 0.2) is 0 Å². The first-order valence-corrected chi connectivity index (χ1v) is 7.45. The largest absolute Gasteiger partial charge is 0.480 e. The second-order valence-electron chi connectivity index (χ2n) is 6.12. The maximum Gasteiger partial charge on any atom is 0.326 e. The van der Waals surface area contributed by atoms with Crippen molar-refractivity contribution in [3.05, 3.63) is 0 Å². The van der Waals surface area contributed by atoms with Crippen molar-refractivity contribution < 1.29 is 14.7 Å². The number of hydrogen-bond donors (Lipinski definition) is 2. The zero-order valence-electron chi connectivity index (χ0n) is 11.2. The zero-order valence-corrected chi connectivity index (χ0v) is 11.2. The molecule has 2 saturated heterocycles. The average Bonchev–Trinajstić information content (AvgIpc) is 3.00. The quantitative estimate of drug-likeness (QED) is 0.777. The molecule has 1 saturated carbocycles. The molecule has 5 nitrogen and oxygen atoms in total. The Balaban J connectivity index is 1.73. The van der Waals surface area contributed by atoms with Gasteiger partial charge in [0.1, 0.15) is 6.04 Å². The molecule has 0 spiro atoms. The third kappa shape index (κ3) is 2.24. The third-order valence-electron chi connectivity index (χ3n) is 5.08. The summed E-state index contributed by atoms with van der Waals surface area (Å²) in [6, 6.07) is -0.740. The number of carbonyl (C=O) groups is 2. The first kappa shape index (κ1) is 12.9. The highest BCUT2D eigenvalue weighted by atomic mass is 16.4. The van der Waals surface area contributed by atoms with E-state index in [0.717, 1.165) is 25.8 Å². The number of piperidine rings is 1. The lowest BCUT2D eigenvalue weighted by molar-refractivity contribution is -0.153. The average molecular weight is 266 g/mol. The summed E-state index contributed by atoms with van der Waals surface area (Å²) >= 11 is 0. The summed E-state index contributed by atoms with van der Waals surface area (Å²) in [6.07, 6.45) is 5.97. The number of nitrogens with zero attached hydrogens (tertiary/aromatic N) is 1. The molecule has 106 valence electrons. The van der Waals surface area contributed by atoms with Crippen LogP contribution in [0.3, 0.4) is 0 Å². The molecular weight excluding hydrogens is 244 g/mol. The Morgan fingerprint density at radius 3 is 2.74 bits per heavy atom. The second-order valence-corrected chi connectivity index (χ2v) is 6.12. The SMILES string of the molecule is O=C(O)C1CCCCN1C(=O)C1NCC2CCCC21. The van der Waals surface area contributed by atoms with Crippen LogP contribution in [-0.4, -0.2) is 47.1 Å². The number of carboxylic acid groups (broad SMARTS) is 1. The van der Waals surface area contributed by atoms with E-state index < -0.39 is 12.0 Å². The van der Waals surface area contributed by atoms with Gasteiger partial charge in [0.2, 0.25) is 5.91 Å². The summed E-state index contributed by atoms with van der Waals surface area (Å²) in [5.41, 5.74) is 0. The third-order valence-corrected chi connectivity index (χ3v) is 5.08. The van der Waals surface area contributed by atoms with Crippen molar-refractivity contribution in [1.29, 1.82) is 0 Å². The number of hydrogen-bond acceptors (Lipinski definition) is 3. The van der Waals surface area contributed by atoms with Gasteiger partial charge < -0.3 is 15.3 Å². The monoisotopic (exact) mass is 266 g/mol. The number of carbonyl (C=O) groups excluding carboxylic acids is 1. The van der Waals surface area contributed by atoms with Gasteiger partial charge in [0.15, 0.2) is 0 Å². The predicted octanol–water partition coefficient (Wildman–Crippen LogP) is 0.840. The molecular formula is C14H22N2O3. The lowest BCUT2D eigenvalue weighted by Gasteiger charge is -2.35. The normalized spacial score (nSPS) is 38.2. The van der Waals surface area contributed by atoms with Gasteiger partial charge in [-0.25, -0.2) is 4.79 Å². The van der Waals surface area contributed by atoms with E-state index in [2.05, 4.69) is 5.32 Å². The van der Waals surface area contributed by atoms with Gasteiger partial charge in [0.25, 0.3) is 0 Å². The maximum absolute atomic E-state index is 12.7. The smallest absolute Gasteiger partial charge is 0.326 e. The zero-order chi connectivity index (χ0) is 13.4. The molecule has 19 heavy (non-hydrogen) atoms. The van der Waals surface area contributed by atoms with Gasteiger partial charge in [-0.1, -0.05) is 6.42 Å². The van der Waals surface area contributed by atoms with E-state index in [1.54, 1.807) is 4.90 Å². The second kappa shape index (κ2) is 5.12. The summed E-state index contributed by atoms with van der Waals surface area (Å²) in [5.74, 6) is 0.237. The standard InChI is InChI=1S/C14H22N2O3/c17-13(12-10-5-3-4-9(10)8-15-12)16-7-2-1-6-11(16)14(18)19/h9-12,15H,1-8H2,(H,18,19). The minimum Gasteiger partial charge on any atom is -0.480 e. The first-order chi connectivity index (χ1) is 9.18. The Bertz CT molecular complexity index is 385. The van der Waals surface area contributed by atoms with E-state index in [1.165, 1.54) is 12.8 Å². The van der Waals surface area contributed by atoms with Crippen molar-refractivity contribution in [1.82, 2.24) is 10.2 Å². The van der Waals surface area contributed by atoms with Gasteiger partial charge in [0, 0.05) is 6.54 Å². The van der Waals surface area contributed by atoms with E-state index >= 15 is 0 Å². The molecule has 0 aromatic carbocycles. The number of rotatable bonds is 2. The highest BCUT2D eigenvalue weighted by Gasteiger charge is 2.45. The van der Waals surface area contributed by atoms with Crippen molar-refractivity contribution in [3.63, 3.8) is 0 Å². The van der Waals surface area contributed by atoms with Crippen LogP contribution < -0.4 is 5.32 Å². The van der Waals surface area contributed by atoms with E-state index in [0.29, 0.717) is 24.8 Å². The summed E-state index contributed by atoms with van der Waals surface area (Å²) in [5, 5.41) is 12.6. The molecule has 1 aliphatic carbocycles. The highest BCUT2D eigenvalue weighted by molar-refractivity contribution is 5.87. The first-order valence-electron chi connectivity index (χ1n) is 7.45. The number of carboxylic acids is 1. The topological polar surface area (TPSA) is 69.6 Å². The van der Waals surface area contributed by atoms with E-state index in [9.17, 15) is 14.7 Å². The minimum atomic E-state index is -0.853. The minimum absolute atomic E-state index is 0.0292. The van der Waals surface area contributed by atoms with Crippen molar-refractivity contribution in [2.45, 2.75) is 50.6 Å². The molecule has 2 N–H and O–H groups in total. The van der Waals surface area contributed by atoms with E-state index in [1.807, 2.05) is 0 Å². The van der Waals surface area contributed by atoms with Crippen molar-refractivity contribution >= 4 is 11.9 Å². The molecule has 2 aliphatic heterocycles. The van der Waals surface area contributed by atoms with Gasteiger partial charge in [-0.05, 0) is 50.5 Å². The van der Waals surface area contributed by atoms with Crippen LogP contribution in [0.25, 0.3) is 0 Å². The Morgan fingerprint density at radius 2 is 1.95 bits per heavy atom. The molecule has 4 atom stereocenters. The molecule has 0 aromatic rings. The molecule has 5 heteroatoms. The molecule has 0 radical (unpaired) electrons. The van der Waals surface area contributed by atoms with Crippen LogP contribution in [-0.2, 0) is 9.59 Å². The summed E-state index contributed by atoms with van der Waals surface area (Å²) < 4.78 is 0.